The van der Waals surface area contributed by atoms with E-state index in [2.05, 4.69) is 25.5 Å². The van der Waals surface area contributed by atoms with Crippen LogP contribution in [0.4, 0.5) is 28.8 Å². The Labute approximate surface area is 159 Å². The molecule has 1 saturated carbocycles. The zero-order valence-electron chi connectivity index (χ0n) is 14.2. The summed E-state index contributed by atoms with van der Waals surface area (Å²) in [5.41, 5.74) is 6.08. The molecular weight excluding hydrogens is 374 g/mol. The third kappa shape index (κ3) is 4.66. The molecule has 0 saturated heterocycles. The molecule has 4 N–H and O–H groups in total. The van der Waals surface area contributed by atoms with Crippen molar-refractivity contribution in [3.63, 3.8) is 0 Å². The number of nitrogen functional groups attached to an aromatic ring is 1. The van der Waals surface area contributed by atoms with Crippen molar-refractivity contribution in [2.45, 2.75) is 25.3 Å². The number of anilines is 2. The van der Waals surface area contributed by atoms with Gasteiger partial charge in [-0.1, -0.05) is 17.7 Å². The Hall–Kier alpha value is -2.85. The minimum absolute atomic E-state index is 0.00601. The predicted molar refractivity (Wildman–Crippen MR) is 101 cm³/mol. The number of rotatable bonds is 6. The SMILES string of the molecule is Nc1nc(Cl)c(/N=N/c2cccc([N+](=O)[O-])c2)c(N[C@H]2CC[C@@H](CO)C2)n1. The molecule has 0 amide bonds. The Morgan fingerprint density at radius 1 is 1.37 bits per heavy atom. The number of nitro groups is 1. The third-order valence-corrected chi connectivity index (χ3v) is 4.57. The Kier molecular flexibility index (Phi) is 5.77. The zero-order chi connectivity index (χ0) is 19.4. The lowest BCUT2D eigenvalue weighted by molar-refractivity contribution is -0.384. The monoisotopic (exact) mass is 391 g/mol. The summed E-state index contributed by atoms with van der Waals surface area (Å²) in [5, 5.41) is 31.5. The van der Waals surface area contributed by atoms with Gasteiger partial charge in [0.15, 0.2) is 16.7 Å². The summed E-state index contributed by atoms with van der Waals surface area (Å²) in [6, 6.07) is 5.85. The number of aliphatic hydroxyl groups is 1. The number of azo groups is 1. The highest BCUT2D eigenvalue weighted by atomic mass is 35.5. The van der Waals surface area contributed by atoms with E-state index in [1.54, 1.807) is 6.07 Å². The molecular formula is C16H18ClN7O3. The molecule has 0 radical (unpaired) electrons. The van der Waals surface area contributed by atoms with E-state index in [-0.39, 0.29) is 41.0 Å². The number of nitrogens with two attached hydrogens (primary N) is 1. The van der Waals surface area contributed by atoms with Crippen molar-refractivity contribution >= 4 is 40.4 Å². The number of aromatic nitrogens is 2. The number of benzene rings is 1. The van der Waals surface area contributed by atoms with Crippen LogP contribution < -0.4 is 11.1 Å². The van der Waals surface area contributed by atoms with E-state index < -0.39 is 4.92 Å². The van der Waals surface area contributed by atoms with Crippen LogP contribution in [-0.2, 0) is 0 Å². The number of nitrogens with zero attached hydrogens (tertiary/aromatic N) is 5. The molecule has 1 fully saturated rings. The maximum absolute atomic E-state index is 10.9. The van der Waals surface area contributed by atoms with Gasteiger partial charge < -0.3 is 16.2 Å². The van der Waals surface area contributed by atoms with Gasteiger partial charge in [-0.2, -0.15) is 15.1 Å². The van der Waals surface area contributed by atoms with Crippen LogP contribution in [0.25, 0.3) is 0 Å². The second kappa shape index (κ2) is 8.23. The molecule has 1 aromatic heterocycles. The van der Waals surface area contributed by atoms with E-state index in [4.69, 9.17) is 17.3 Å². The van der Waals surface area contributed by atoms with Crippen LogP contribution in [0.15, 0.2) is 34.5 Å². The van der Waals surface area contributed by atoms with Gasteiger partial charge in [-0.05, 0) is 31.2 Å². The van der Waals surface area contributed by atoms with Crippen molar-refractivity contribution < 1.29 is 10.0 Å². The maximum Gasteiger partial charge on any atom is 0.271 e. The molecule has 0 aliphatic heterocycles. The second-order valence-corrected chi connectivity index (χ2v) is 6.61. The van der Waals surface area contributed by atoms with E-state index in [0.717, 1.165) is 19.3 Å². The van der Waals surface area contributed by atoms with Gasteiger partial charge in [0, 0.05) is 24.8 Å². The van der Waals surface area contributed by atoms with E-state index in [0.29, 0.717) is 11.5 Å². The summed E-state index contributed by atoms with van der Waals surface area (Å²) in [5.74, 6) is 0.575. The van der Waals surface area contributed by atoms with Crippen LogP contribution in [0.3, 0.4) is 0 Å². The standard InChI is InChI=1S/C16H18ClN7O3/c17-14-13(23-22-11-2-1-3-12(7-11)24(26)27)15(21-16(18)20-14)19-10-5-4-9(6-10)8-25/h1-3,7,9-10,25H,4-6,8H2,(H3,18,19,20,21)/b23-22+/t9-,10+/m1/s1. The Morgan fingerprint density at radius 2 is 2.19 bits per heavy atom. The van der Waals surface area contributed by atoms with Gasteiger partial charge in [-0.15, -0.1) is 5.11 Å². The lowest BCUT2D eigenvalue weighted by Crippen LogP contribution is -2.18. The van der Waals surface area contributed by atoms with Crippen LogP contribution in [0, 0.1) is 16.0 Å². The van der Waals surface area contributed by atoms with Crippen LogP contribution in [0.5, 0.6) is 0 Å². The van der Waals surface area contributed by atoms with Gasteiger partial charge in [0.05, 0.1) is 10.6 Å². The molecule has 1 heterocycles. The largest absolute Gasteiger partial charge is 0.396 e. The molecule has 0 unspecified atom stereocenters. The van der Waals surface area contributed by atoms with Crippen molar-refractivity contribution in [1.29, 1.82) is 0 Å². The number of aliphatic hydroxyl groups excluding tert-OH is 1. The topological polar surface area (TPSA) is 152 Å². The molecule has 1 aromatic carbocycles. The van der Waals surface area contributed by atoms with E-state index in [1.165, 1.54) is 18.2 Å². The molecule has 10 nitrogen and oxygen atoms in total. The number of hydrogen-bond acceptors (Lipinski definition) is 9. The minimum atomic E-state index is -0.511. The first kappa shape index (κ1) is 18.9. The third-order valence-electron chi connectivity index (χ3n) is 4.31. The van der Waals surface area contributed by atoms with Crippen molar-refractivity contribution in [2.24, 2.45) is 16.1 Å². The molecule has 1 aliphatic carbocycles. The summed E-state index contributed by atoms with van der Waals surface area (Å²) in [6.07, 6.45) is 2.57. The fourth-order valence-corrected chi connectivity index (χ4v) is 3.19. The van der Waals surface area contributed by atoms with Gasteiger partial charge in [0.1, 0.15) is 0 Å². The summed E-state index contributed by atoms with van der Waals surface area (Å²) < 4.78 is 0. The van der Waals surface area contributed by atoms with Gasteiger partial charge in [0.25, 0.3) is 5.69 Å². The second-order valence-electron chi connectivity index (χ2n) is 6.25. The quantitative estimate of drug-likeness (QED) is 0.294. The number of non-ortho nitro benzene ring substituents is 1. The molecule has 2 atom stereocenters. The number of nitrogens with one attached hydrogen (secondary N) is 1. The highest BCUT2D eigenvalue weighted by Gasteiger charge is 2.25. The van der Waals surface area contributed by atoms with Crippen molar-refractivity contribution in [3.8, 4) is 0 Å². The van der Waals surface area contributed by atoms with Crippen LogP contribution in [0.2, 0.25) is 5.15 Å². The number of halogens is 1. The Balaban J connectivity index is 1.86. The number of nitro benzene ring substituents is 1. The molecule has 0 spiro atoms. The lowest BCUT2D eigenvalue weighted by Gasteiger charge is -2.15. The molecule has 142 valence electrons. The van der Waals surface area contributed by atoms with Gasteiger partial charge in [-0.25, -0.2) is 0 Å². The summed E-state index contributed by atoms with van der Waals surface area (Å²) in [4.78, 5) is 18.4. The summed E-state index contributed by atoms with van der Waals surface area (Å²) >= 11 is 6.15. The molecule has 1 aliphatic rings. The molecule has 3 rings (SSSR count). The summed E-state index contributed by atoms with van der Waals surface area (Å²) in [6.45, 7) is 0.143. The van der Waals surface area contributed by atoms with Crippen LogP contribution in [0.1, 0.15) is 19.3 Å². The fourth-order valence-electron chi connectivity index (χ4n) is 2.97. The number of hydrogen-bond donors (Lipinski definition) is 3. The Morgan fingerprint density at radius 3 is 2.89 bits per heavy atom. The predicted octanol–water partition coefficient (Wildman–Crippen LogP) is 3.61. The Bertz CT molecular complexity index is 877. The minimum Gasteiger partial charge on any atom is -0.396 e. The van der Waals surface area contributed by atoms with Crippen LogP contribution in [-0.4, -0.2) is 32.6 Å². The molecule has 11 heteroatoms. The first-order valence-electron chi connectivity index (χ1n) is 8.33. The van der Waals surface area contributed by atoms with Crippen molar-refractivity contribution in [1.82, 2.24) is 9.97 Å². The van der Waals surface area contributed by atoms with E-state index in [1.807, 2.05) is 0 Å². The van der Waals surface area contributed by atoms with Crippen LogP contribution >= 0.6 is 11.6 Å². The smallest absolute Gasteiger partial charge is 0.271 e. The first-order valence-corrected chi connectivity index (χ1v) is 8.70. The highest BCUT2D eigenvalue weighted by Crippen LogP contribution is 2.36. The van der Waals surface area contributed by atoms with Crippen molar-refractivity contribution in [2.75, 3.05) is 17.7 Å². The highest BCUT2D eigenvalue weighted by molar-refractivity contribution is 6.32. The summed E-state index contributed by atoms with van der Waals surface area (Å²) in [7, 11) is 0. The lowest BCUT2D eigenvalue weighted by atomic mass is 10.1. The van der Waals surface area contributed by atoms with Gasteiger partial charge in [-0.3, -0.25) is 10.1 Å². The fraction of sp³-hybridized carbons (Fsp3) is 0.375. The normalized spacial score (nSPS) is 19.5. The zero-order valence-corrected chi connectivity index (χ0v) is 15.0. The molecule has 27 heavy (non-hydrogen) atoms. The van der Waals surface area contributed by atoms with E-state index in [9.17, 15) is 15.2 Å². The van der Waals surface area contributed by atoms with E-state index >= 15 is 0 Å². The first-order chi connectivity index (χ1) is 13.0. The maximum atomic E-state index is 10.9. The average molecular weight is 392 g/mol. The van der Waals surface area contributed by atoms with Crippen molar-refractivity contribution in [3.05, 3.63) is 39.5 Å². The average Bonchev–Trinajstić information content (AvgIpc) is 3.08. The molecule has 0 bridgehead atoms. The molecule has 2 aromatic rings. The van der Waals surface area contributed by atoms with Gasteiger partial charge in [0.2, 0.25) is 5.95 Å². The van der Waals surface area contributed by atoms with Gasteiger partial charge >= 0.3 is 0 Å².